The fraction of sp³-hybridized carbons (Fsp3) is 0.222. The van der Waals surface area contributed by atoms with Gasteiger partial charge >= 0.3 is 0 Å². The van der Waals surface area contributed by atoms with E-state index in [9.17, 15) is 9.90 Å². The maximum Gasteiger partial charge on any atom is 0.252 e. The number of aromatic amines is 1. The summed E-state index contributed by atoms with van der Waals surface area (Å²) in [4.78, 5) is 12.8. The number of H-pyrrole nitrogens is 1. The summed E-state index contributed by atoms with van der Waals surface area (Å²) in [5.41, 5.74) is 9.20. The minimum absolute atomic E-state index is 0.0285. The molecule has 0 spiro atoms. The number of amides is 1. The lowest BCUT2D eigenvalue weighted by Crippen LogP contribution is -2.17. The normalized spacial score (nSPS) is 17.5. The monoisotopic (exact) mass is 374 g/mol. The zero-order valence-electron chi connectivity index (χ0n) is 14.2. The van der Waals surface area contributed by atoms with Crippen LogP contribution >= 0.6 is 11.6 Å². The molecule has 0 atom stereocenters. The van der Waals surface area contributed by atoms with Gasteiger partial charge in [-0.05, 0) is 42.0 Å². The van der Waals surface area contributed by atoms with Gasteiger partial charge in [0, 0.05) is 16.2 Å². The molecule has 26 heavy (non-hydrogen) atoms. The Hall–Kier alpha value is -2.77. The second-order valence-corrected chi connectivity index (χ2v) is 6.21. The predicted molar refractivity (Wildman–Crippen MR) is 99.7 cm³/mol. The molecule has 3 rings (SSSR count). The standard InChI is InChI=1S/C18H19ClN4O3/c1-2-12(14-9-26-8-10(14)6-20)18(25)22-15-7-21-23-17(15)13-5-11(19)3-4-16(13)24/h3-7,24H,2,8-9,20H2,1H3,(H,21,23)(H,22,25)/b10-6-,14-12+. The highest BCUT2D eigenvalue weighted by Crippen LogP contribution is 2.35. The first-order chi connectivity index (χ1) is 12.5. The van der Waals surface area contributed by atoms with Gasteiger partial charge in [0.15, 0.2) is 0 Å². The van der Waals surface area contributed by atoms with Crippen molar-refractivity contribution in [2.75, 3.05) is 18.5 Å². The fourth-order valence-corrected chi connectivity index (χ4v) is 3.05. The molecule has 8 heteroatoms. The van der Waals surface area contributed by atoms with Crippen molar-refractivity contribution in [1.29, 1.82) is 0 Å². The van der Waals surface area contributed by atoms with Crippen LogP contribution in [0.25, 0.3) is 11.3 Å². The number of hydrogen-bond donors (Lipinski definition) is 4. The molecule has 5 N–H and O–H groups in total. The number of nitrogens with one attached hydrogen (secondary N) is 2. The molecule has 1 aromatic heterocycles. The molecule has 7 nitrogen and oxygen atoms in total. The zero-order valence-corrected chi connectivity index (χ0v) is 14.9. The molecule has 0 saturated carbocycles. The second kappa shape index (κ2) is 7.63. The lowest BCUT2D eigenvalue weighted by Gasteiger charge is -2.11. The Balaban J connectivity index is 1.93. The van der Waals surface area contributed by atoms with Gasteiger partial charge in [-0.25, -0.2) is 0 Å². The molecular formula is C18H19ClN4O3. The molecule has 1 fully saturated rings. The average molecular weight is 375 g/mol. The summed E-state index contributed by atoms with van der Waals surface area (Å²) in [6.07, 6.45) is 3.48. The summed E-state index contributed by atoms with van der Waals surface area (Å²) in [5.74, 6) is -0.239. The third-order valence-electron chi connectivity index (χ3n) is 4.20. The summed E-state index contributed by atoms with van der Waals surface area (Å²) in [5, 5.41) is 20.2. The number of benzene rings is 1. The molecule has 0 aliphatic carbocycles. The molecule has 1 saturated heterocycles. The number of nitrogens with two attached hydrogens (primary N) is 1. The Kier molecular flexibility index (Phi) is 5.29. The maximum absolute atomic E-state index is 12.8. The number of carbonyl (C=O) groups is 1. The van der Waals surface area contributed by atoms with Crippen molar-refractivity contribution < 1.29 is 14.6 Å². The van der Waals surface area contributed by atoms with Crippen molar-refractivity contribution in [2.24, 2.45) is 5.73 Å². The van der Waals surface area contributed by atoms with E-state index in [0.717, 1.165) is 11.1 Å². The van der Waals surface area contributed by atoms with E-state index in [1.165, 1.54) is 18.5 Å². The third kappa shape index (κ3) is 3.44. The van der Waals surface area contributed by atoms with Crippen LogP contribution in [0.1, 0.15) is 13.3 Å². The second-order valence-electron chi connectivity index (χ2n) is 5.77. The summed E-state index contributed by atoms with van der Waals surface area (Å²) >= 11 is 6.01. The van der Waals surface area contributed by atoms with E-state index in [-0.39, 0.29) is 11.7 Å². The van der Waals surface area contributed by atoms with Gasteiger partial charge in [-0.2, -0.15) is 5.10 Å². The van der Waals surface area contributed by atoms with Crippen LogP contribution in [0.5, 0.6) is 5.75 Å². The van der Waals surface area contributed by atoms with E-state index in [2.05, 4.69) is 15.5 Å². The smallest absolute Gasteiger partial charge is 0.252 e. The molecular weight excluding hydrogens is 356 g/mol. The Morgan fingerprint density at radius 2 is 2.31 bits per heavy atom. The number of phenolic OH excluding ortho intramolecular Hbond substituents is 1. The van der Waals surface area contributed by atoms with Crippen LogP contribution in [-0.2, 0) is 9.53 Å². The van der Waals surface area contributed by atoms with Crippen LogP contribution in [-0.4, -0.2) is 34.4 Å². The van der Waals surface area contributed by atoms with Crippen molar-refractivity contribution in [3.8, 4) is 17.0 Å². The molecule has 2 heterocycles. The number of rotatable bonds is 4. The van der Waals surface area contributed by atoms with Crippen molar-refractivity contribution in [3.63, 3.8) is 0 Å². The quantitative estimate of drug-likeness (QED) is 0.614. The number of aromatic nitrogens is 2. The number of halogens is 1. The van der Waals surface area contributed by atoms with Crippen LogP contribution < -0.4 is 11.1 Å². The van der Waals surface area contributed by atoms with Crippen LogP contribution in [0.4, 0.5) is 5.69 Å². The first-order valence-electron chi connectivity index (χ1n) is 8.09. The number of phenols is 1. The van der Waals surface area contributed by atoms with Crippen LogP contribution in [0.3, 0.4) is 0 Å². The van der Waals surface area contributed by atoms with Gasteiger partial charge in [-0.3, -0.25) is 9.89 Å². The lowest BCUT2D eigenvalue weighted by molar-refractivity contribution is -0.113. The van der Waals surface area contributed by atoms with Crippen molar-refractivity contribution in [3.05, 3.63) is 52.3 Å². The fourth-order valence-electron chi connectivity index (χ4n) is 2.88. The first-order valence-corrected chi connectivity index (χ1v) is 8.47. The summed E-state index contributed by atoms with van der Waals surface area (Å²) in [7, 11) is 0. The summed E-state index contributed by atoms with van der Waals surface area (Å²) < 4.78 is 5.40. The number of nitrogens with zero attached hydrogens (tertiary/aromatic N) is 1. The van der Waals surface area contributed by atoms with Crippen LogP contribution in [0.15, 0.2) is 47.3 Å². The number of ether oxygens (including phenoxy) is 1. The lowest BCUT2D eigenvalue weighted by atomic mass is 10.0. The predicted octanol–water partition coefficient (Wildman–Crippen LogP) is 2.95. The largest absolute Gasteiger partial charge is 0.507 e. The van der Waals surface area contributed by atoms with Gasteiger partial charge in [0.25, 0.3) is 5.91 Å². The highest BCUT2D eigenvalue weighted by Gasteiger charge is 2.23. The topological polar surface area (TPSA) is 113 Å². The Morgan fingerprint density at radius 1 is 1.50 bits per heavy atom. The van der Waals surface area contributed by atoms with Crippen molar-refractivity contribution >= 4 is 23.2 Å². The first kappa shape index (κ1) is 18.0. The van der Waals surface area contributed by atoms with Crippen molar-refractivity contribution in [1.82, 2.24) is 10.2 Å². The molecule has 0 unspecified atom stereocenters. The molecule has 0 bridgehead atoms. The van der Waals surface area contributed by atoms with Crippen LogP contribution in [0.2, 0.25) is 5.02 Å². The van der Waals surface area contributed by atoms with E-state index in [0.29, 0.717) is 47.2 Å². The van der Waals surface area contributed by atoms with Gasteiger partial charge in [0.1, 0.15) is 5.75 Å². The van der Waals surface area contributed by atoms with E-state index < -0.39 is 0 Å². The molecule has 1 aliphatic heterocycles. The zero-order chi connectivity index (χ0) is 18.7. The van der Waals surface area contributed by atoms with Gasteiger partial charge in [0.05, 0.1) is 30.8 Å². The third-order valence-corrected chi connectivity index (χ3v) is 4.44. The number of aromatic hydroxyl groups is 1. The van der Waals surface area contributed by atoms with E-state index in [4.69, 9.17) is 22.1 Å². The molecule has 1 amide bonds. The minimum Gasteiger partial charge on any atom is -0.507 e. The van der Waals surface area contributed by atoms with Crippen LogP contribution in [0, 0.1) is 0 Å². The SMILES string of the molecule is CC/C(C(=O)Nc1cn[nH]c1-c1cc(Cl)ccc1O)=C1/COC/C1=C/N. The minimum atomic E-state index is -0.267. The Morgan fingerprint density at radius 3 is 3.04 bits per heavy atom. The van der Waals surface area contributed by atoms with Gasteiger partial charge < -0.3 is 20.9 Å². The molecule has 2 aromatic rings. The summed E-state index contributed by atoms with van der Waals surface area (Å²) in [6.45, 7) is 2.65. The maximum atomic E-state index is 12.8. The molecule has 0 radical (unpaired) electrons. The average Bonchev–Trinajstić information content (AvgIpc) is 3.27. The van der Waals surface area contributed by atoms with E-state index >= 15 is 0 Å². The number of anilines is 1. The number of carbonyl (C=O) groups excluding carboxylic acids is 1. The van der Waals surface area contributed by atoms with Crippen molar-refractivity contribution in [2.45, 2.75) is 13.3 Å². The molecule has 136 valence electrons. The molecule has 1 aromatic carbocycles. The van der Waals surface area contributed by atoms with Gasteiger partial charge in [-0.1, -0.05) is 18.5 Å². The van der Waals surface area contributed by atoms with E-state index in [1.807, 2.05) is 6.92 Å². The van der Waals surface area contributed by atoms with E-state index in [1.54, 1.807) is 12.1 Å². The summed E-state index contributed by atoms with van der Waals surface area (Å²) in [6, 6.07) is 4.66. The molecule has 1 aliphatic rings. The Bertz CT molecular complexity index is 902. The highest BCUT2D eigenvalue weighted by molar-refractivity contribution is 6.31. The number of hydrogen-bond acceptors (Lipinski definition) is 5. The highest BCUT2D eigenvalue weighted by atomic mass is 35.5. The van der Waals surface area contributed by atoms with Gasteiger partial charge in [-0.15, -0.1) is 0 Å². The Labute approximate surface area is 155 Å². The van der Waals surface area contributed by atoms with Gasteiger partial charge in [0.2, 0.25) is 0 Å².